The molecule has 1 aromatic carbocycles. The van der Waals surface area contributed by atoms with Gasteiger partial charge in [-0.2, -0.15) is 0 Å². The Labute approximate surface area is 326 Å². The Hall–Kier alpha value is -1.74. The van der Waals surface area contributed by atoms with Crippen molar-refractivity contribution in [3.8, 4) is 0 Å². The summed E-state index contributed by atoms with van der Waals surface area (Å²) in [7, 11) is 0. The quantitative estimate of drug-likeness (QED) is 0.0946. The van der Waals surface area contributed by atoms with Crippen molar-refractivity contribution < 1.29 is 9.59 Å². The average Bonchev–Trinajstić information content (AvgIpc) is 3.81. The highest BCUT2D eigenvalue weighted by molar-refractivity contribution is 9.11. The second kappa shape index (κ2) is 19.4. The first-order valence-corrected chi connectivity index (χ1v) is 22.6. The summed E-state index contributed by atoms with van der Waals surface area (Å²) in [4.78, 5) is 35.2. The molecule has 272 valence electrons. The van der Waals surface area contributed by atoms with Crippen LogP contribution in [0.5, 0.6) is 0 Å². The molecule has 0 spiro atoms. The van der Waals surface area contributed by atoms with Gasteiger partial charge in [0, 0.05) is 27.0 Å². The highest BCUT2D eigenvalue weighted by Crippen LogP contribution is 2.50. The first kappa shape index (κ1) is 39.5. The fourth-order valence-corrected chi connectivity index (χ4v) is 11.1. The number of nitrogens with zero attached hydrogens (tertiary/aromatic N) is 2. The van der Waals surface area contributed by atoms with Gasteiger partial charge in [0.1, 0.15) is 0 Å². The first-order valence-electron chi connectivity index (χ1n) is 19.4. The Balaban J connectivity index is 1.61. The summed E-state index contributed by atoms with van der Waals surface area (Å²) < 4.78 is 4.48. The normalized spacial score (nSPS) is 16.1. The van der Waals surface area contributed by atoms with Crippen LogP contribution in [0.2, 0.25) is 0 Å². The van der Waals surface area contributed by atoms with Crippen LogP contribution in [0.15, 0.2) is 55.8 Å². The molecule has 8 heteroatoms. The lowest BCUT2D eigenvalue weighted by Gasteiger charge is -2.30. The zero-order valence-electron chi connectivity index (χ0n) is 30.6. The van der Waals surface area contributed by atoms with Gasteiger partial charge in [-0.1, -0.05) is 133 Å². The molecule has 0 N–H and O–H groups in total. The molecule has 2 aliphatic rings. The van der Waals surface area contributed by atoms with Gasteiger partial charge in [0.25, 0.3) is 11.8 Å². The van der Waals surface area contributed by atoms with Crippen LogP contribution in [-0.2, 0) is 9.59 Å². The van der Waals surface area contributed by atoms with E-state index in [4.69, 9.17) is 0 Å². The summed E-state index contributed by atoms with van der Waals surface area (Å²) in [5.41, 5.74) is 3.85. The molecule has 0 radical (unpaired) electrons. The van der Waals surface area contributed by atoms with E-state index in [-0.39, 0.29) is 11.8 Å². The monoisotopic (exact) mass is 842 g/mol. The maximum atomic E-state index is 15.0. The largest absolute Gasteiger partial charge is 0.307 e. The van der Waals surface area contributed by atoms with Crippen LogP contribution < -0.4 is 0 Å². The van der Waals surface area contributed by atoms with Gasteiger partial charge in [0.2, 0.25) is 0 Å². The van der Waals surface area contributed by atoms with E-state index in [1.165, 1.54) is 60.8 Å². The van der Waals surface area contributed by atoms with Crippen molar-refractivity contribution in [2.24, 2.45) is 11.8 Å². The smallest absolute Gasteiger partial charge is 0.261 e. The summed E-state index contributed by atoms with van der Waals surface area (Å²) in [6, 6.07) is 12.6. The lowest BCUT2D eigenvalue weighted by molar-refractivity contribution is -0.124. The Morgan fingerprint density at radius 3 is 1.58 bits per heavy atom. The maximum absolute atomic E-state index is 15.0. The van der Waals surface area contributed by atoms with Gasteiger partial charge >= 0.3 is 0 Å². The van der Waals surface area contributed by atoms with Crippen LogP contribution in [-0.4, -0.2) is 34.7 Å². The van der Waals surface area contributed by atoms with Crippen molar-refractivity contribution in [3.05, 3.63) is 66.2 Å². The number of rotatable bonds is 22. The van der Waals surface area contributed by atoms with Crippen LogP contribution in [0.3, 0.4) is 0 Å². The third-order valence-corrected chi connectivity index (χ3v) is 13.8. The van der Waals surface area contributed by atoms with Crippen LogP contribution >= 0.6 is 54.5 Å². The number of carbonyl (C=O) groups excluding carboxylic acids is 2. The molecule has 2 aliphatic heterocycles. The predicted molar refractivity (Wildman–Crippen MR) is 222 cm³/mol. The van der Waals surface area contributed by atoms with Gasteiger partial charge in [-0.05, 0) is 83.3 Å². The Bertz CT molecular complexity index is 1620. The Morgan fingerprint density at radius 1 is 0.580 bits per heavy atom. The van der Waals surface area contributed by atoms with E-state index in [0.29, 0.717) is 36.1 Å². The van der Waals surface area contributed by atoms with Crippen LogP contribution in [0.1, 0.15) is 141 Å². The highest BCUT2D eigenvalue weighted by Gasteiger charge is 2.49. The van der Waals surface area contributed by atoms with Crippen LogP contribution in [0, 0.1) is 11.8 Å². The number of hydrogen-bond acceptors (Lipinski definition) is 4. The van der Waals surface area contributed by atoms with E-state index >= 15 is 9.59 Å². The maximum Gasteiger partial charge on any atom is 0.261 e. The predicted octanol–water partition coefficient (Wildman–Crippen LogP) is 13.8. The summed E-state index contributed by atoms with van der Waals surface area (Å²) in [5.74, 6) is 0.821. The van der Waals surface area contributed by atoms with Crippen molar-refractivity contribution in [1.29, 1.82) is 0 Å². The van der Waals surface area contributed by atoms with Gasteiger partial charge < -0.3 is 9.80 Å². The summed E-state index contributed by atoms with van der Waals surface area (Å²) in [6.45, 7) is 10.3. The van der Waals surface area contributed by atoms with Gasteiger partial charge in [0.15, 0.2) is 0 Å². The van der Waals surface area contributed by atoms with E-state index in [9.17, 15) is 0 Å². The number of thiophene rings is 2. The number of halogens is 2. The van der Waals surface area contributed by atoms with E-state index in [2.05, 4.69) is 83.8 Å². The van der Waals surface area contributed by atoms with E-state index in [1.807, 2.05) is 21.9 Å². The number of unbranched alkanes of at least 4 members (excludes halogenated alkanes) is 8. The molecule has 0 saturated heterocycles. The molecular formula is C42H56Br2N2O2S2. The molecule has 4 nitrogen and oxygen atoms in total. The molecule has 0 saturated carbocycles. The standard InChI is InChI=1S/C42H56Br2N2O2S2/c1-5-9-13-15-19-29(17-11-7-3)27-45-39(31-21-23-32(43)24-22-31)37-38(42(45)48)40(35-25-33-34(49-35)26-36(44)50-33)46(41(37)47)28-30(18-12-8-4)20-16-14-10-6-2/h21-26,29-30H,5-20,27-28H2,1-4H3. The third kappa shape index (κ3) is 9.43. The second-order valence-electron chi connectivity index (χ2n) is 14.4. The highest BCUT2D eigenvalue weighted by atomic mass is 79.9. The Morgan fingerprint density at radius 2 is 1.06 bits per heavy atom. The minimum atomic E-state index is 0.00446. The minimum Gasteiger partial charge on any atom is -0.307 e. The number of hydrogen-bond donors (Lipinski definition) is 0. The van der Waals surface area contributed by atoms with Gasteiger partial charge in [-0.3, -0.25) is 9.59 Å². The average molecular weight is 845 g/mol. The molecule has 0 bridgehead atoms. The van der Waals surface area contributed by atoms with Crippen molar-refractivity contribution >= 4 is 87.1 Å². The summed E-state index contributed by atoms with van der Waals surface area (Å²) in [5, 5.41) is 0. The second-order valence-corrected chi connectivity index (χ2v) is 18.9. The number of benzene rings is 1. The molecule has 50 heavy (non-hydrogen) atoms. The molecule has 2 amide bonds. The number of carbonyl (C=O) groups is 2. The van der Waals surface area contributed by atoms with Crippen LogP contribution in [0.25, 0.3) is 20.8 Å². The molecule has 4 heterocycles. The van der Waals surface area contributed by atoms with Crippen molar-refractivity contribution in [1.82, 2.24) is 9.80 Å². The third-order valence-electron chi connectivity index (χ3n) is 10.5. The van der Waals surface area contributed by atoms with E-state index in [1.54, 1.807) is 22.7 Å². The molecule has 3 aromatic rings. The van der Waals surface area contributed by atoms with Gasteiger partial charge in [-0.15, -0.1) is 22.7 Å². The van der Waals surface area contributed by atoms with Crippen molar-refractivity contribution in [2.45, 2.75) is 130 Å². The first-order chi connectivity index (χ1) is 24.3. The fourth-order valence-electron chi connectivity index (χ4n) is 7.71. The summed E-state index contributed by atoms with van der Waals surface area (Å²) in [6.07, 6.45) is 18.9. The zero-order valence-corrected chi connectivity index (χ0v) is 35.4. The van der Waals surface area contributed by atoms with E-state index < -0.39 is 0 Å². The fraction of sp³-hybridized carbons (Fsp3) is 0.571. The molecule has 0 aliphatic carbocycles. The molecule has 2 unspecified atom stereocenters. The number of amides is 2. The zero-order chi connectivity index (χ0) is 35.6. The molecule has 5 rings (SSSR count). The van der Waals surface area contributed by atoms with Crippen molar-refractivity contribution in [3.63, 3.8) is 0 Å². The van der Waals surface area contributed by atoms with Crippen molar-refractivity contribution in [2.75, 3.05) is 13.1 Å². The topological polar surface area (TPSA) is 40.6 Å². The van der Waals surface area contributed by atoms with Crippen LogP contribution in [0.4, 0.5) is 0 Å². The molecule has 0 fully saturated rings. The minimum absolute atomic E-state index is 0.00446. The summed E-state index contributed by atoms with van der Waals surface area (Å²) >= 11 is 10.7. The molecule has 2 atom stereocenters. The lowest BCUT2D eigenvalue weighted by Crippen LogP contribution is -2.34. The van der Waals surface area contributed by atoms with E-state index in [0.717, 1.165) is 81.5 Å². The van der Waals surface area contributed by atoms with Gasteiger partial charge in [0.05, 0.1) is 31.2 Å². The Kier molecular flexibility index (Phi) is 15.3. The lowest BCUT2D eigenvalue weighted by atomic mass is 9.94. The molecule has 2 aromatic heterocycles. The SMILES string of the molecule is CCCCCCC(CCCC)CN1C(=O)C2=C(c3cc4sc(Br)cc4s3)N(CC(CCCC)CCCCCC)C(=O)C2=C1c1ccc(Br)cc1. The number of fused-ring (bicyclic) bond motifs is 2. The van der Waals surface area contributed by atoms with Gasteiger partial charge in [-0.25, -0.2) is 0 Å². The molecular weight excluding hydrogens is 788 g/mol.